The molecule has 0 atom stereocenters. The first-order valence-electron chi connectivity index (χ1n) is 15.1. The molecule has 230 valence electrons. The van der Waals surface area contributed by atoms with E-state index in [2.05, 4.69) is 29.2 Å². The fraction of sp³-hybridized carbons (Fsp3) is 0.429. The molecule has 0 aromatic heterocycles. The molecule has 1 saturated carbocycles. The summed E-state index contributed by atoms with van der Waals surface area (Å²) in [5, 5.41) is 18.2. The number of carboxylic acid groups (broad SMARTS) is 2. The van der Waals surface area contributed by atoms with Crippen molar-refractivity contribution in [1.29, 1.82) is 0 Å². The molecule has 7 nitrogen and oxygen atoms in total. The van der Waals surface area contributed by atoms with Gasteiger partial charge in [0.1, 0.15) is 18.2 Å². The van der Waals surface area contributed by atoms with Crippen molar-refractivity contribution in [2.45, 2.75) is 76.5 Å². The van der Waals surface area contributed by atoms with Crippen LogP contribution in [0.25, 0.3) is 0 Å². The third-order valence-electron chi connectivity index (χ3n) is 8.30. The summed E-state index contributed by atoms with van der Waals surface area (Å²) in [5.74, 6) is -1.07. The van der Waals surface area contributed by atoms with Gasteiger partial charge in [0, 0.05) is 32.7 Å². The monoisotopic (exact) mass is 591 g/mol. The van der Waals surface area contributed by atoms with Gasteiger partial charge in [-0.3, -0.25) is 9.69 Å². The number of nitrogens with zero attached hydrogens (tertiary/aromatic N) is 1. The third-order valence-corrected chi connectivity index (χ3v) is 8.30. The molecule has 0 heterocycles. The smallest absolute Gasteiger partial charge is 0.335 e. The van der Waals surface area contributed by atoms with E-state index >= 15 is 0 Å². The summed E-state index contributed by atoms with van der Waals surface area (Å²) in [5.41, 5.74) is 4.45. The van der Waals surface area contributed by atoms with Crippen LogP contribution in [0, 0.1) is 5.82 Å². The molecule has 8 heteroatoms. The number of methoxy groups -OCH3 is 1. The topological polar surface area (TPSA) is 96.3 Å². The lowest BCUT2D eigenvalue weighted by molar-refractivity contribution is -0.137. The molecular weight excluding hydrogens is 549 g/mol. The Morgan fingerprint density at radius 1 is 0.884 bits per heavy atom. The van der Waals surface area contributed by atoms with Gasteiger partial charge in [-0.25, -0.2) is 9.18 Å². The Hall–Kier alpha value is -3.75. The molecule has 0 unspecified atom stereocenters. The zero-order valence-corrected chi connectivity index (χ0v) is 24.8. The summed E-state index contributed by atoms with van der Waals surface area (Å²) < 4.78 is 25.9. The van der Waals surface area contributed by atoms with Gasteiger partial charge in [0.05, 0.1) is 11.7 Å². The molecule has 0 saturated heterocycles. The highest BCUT2D eigenvalue weighted by Crippen LogP contribution is 2.34. The van der Waals surface area contributed by atoms with Gasteiger partial charge >= 0.3 is 11.9 Å². The summed E-state index contributed by atoms with van der Waals surface area (Å²) in [7, 11) is 1.79. The van der Waals surface area contributed by atoms with Crippen LogP contribution in [0.2, 0.25) is 0 Å². The van der Waals surface area contributed by atoms with Gasteiger partial charge in [0.15, 0.2) is 0 Å². The van der Waals surface area contributed by atoms with E-state index in [0.29, 0.717) is 56.9 Å². The highest BCUT2D eigenvalue weighted by Gasteiger charge is 2.22. The minimum Gasteiger partial charge on any atom is -0.489 e. The van der Waals surface area contributed by atoms with E-state index in [0.717, 1.165) is 48.8 Å². The molecule has 1 aliphatic rings. The number of aliphatic carboxylic acids is 1. The molecule has 1 fully saturated rings. The highest BCUT2D eigenvalue weighted by atomic mass is 19.1. The van der Waals surface area contributed by atoms with Crippen LogP contribution in [0.15, 0.2) is 66.7 Å². The highest BCUT2D eigenvalue weighted by molar-refractivity contribution is 5.87. The Morgan fingerprint density at radius 3 is 2.23 bits per heavy atom. The van der Waals surface area contributed by atoms with E-state index in [1.807, 2.05) is 0 Å². The molecule has 4 rings (SSSR count). The second kappa shape index (κ2) is 16.2. The number of ether oxygens (including phenoxy) is 2. The number of rotatable bonds is 16. The van der Waals surface area contributed by atoms with Crippen molar-refractivity contribution >= 4 is 11.9 Å². The maximum atomic E-state index is 14.2. The van der Waals surface area contributed by atoms with E-state index in [4.69, 9.17) is 14.6 Å². The number of carbonyl (C=O) groups is 2. The Labute approximate surface area is 253 Å². The minimum atomic E-state index is -0.971. The fourth-order valence-electron chi connectivity index (χ4n) is 5.72. The van der Waals surface area contributed by atoms with Gasteiger partial charge in [0.2, 0.25) is 0 Å². The molecule has 0 amide bonds. The zero-order chi connectivity index (χ0) is 30.6. The van der Waals surface area contributed by atoms with Crippen LogP contribution in [-0.4, -0.2) is 53.4 Å². The third kappa shape index (κ3) is 10.2. The number of unbranched alkanes of at least 4 members (excludes halogenated alkanes) is 1. The second-order valence-electron chi connectivity index (χ2n) is 11.4. The minimum absolute atomic E-state index is 0.118. The Morgan fingerprint density at radius 2 is 1.58 bits per heavy atom. The second-order valence-corrected chi connectivity index (χ2v) is 11.4. The van der Waals surface area contributed by atoms with E-state index < -0.39 is 11.9 Å². The van der Waals surface area contributed by atoms with Crippen molar-refractivity contribution in [2.24, 2.45) is 0 Å². The molecule has 3 aromatic carbocycles. The van der Waals surface area contributed by atoms with Gasteiger partial charge in [-0.2, -0.15) is 0 Å². The lowest BCUT2D eigenvalue weighted by atomic mass is 9.82. The Balaban J connectivity index is 1.37. The number of hydrogen-bond donors (Lipinski definition) is 2. The number of halogens is 1. The first-order valence-corrected chi connectivity index (χ1v) is 15.1. The molecule has 0 bridgehead atoms. The summed E-state index contributed by atoms with van der Waals surface area (Å²) in [4.78, 5) is 24.4. The van der Waals surface area contributed by atoms with Crippen molar-refractivity contribution in [3.05, 3.63) is 100 Å². The van der Waals surface area contributed by atoms with E-state index in [-0.39, 0.29) is 17.8 Å². The van der Waals surface area contributed by atoms with Gasteiger partial charge in [0.25, 0.3) is 0 Å². The van der Waals surface area contributed by atoms with Crippen molar-refractivity contribution < 1.29 is 33.7 Å². The lowest BCUT2D eigenvalue weighted by Gasteiger charge is -2.28. The maximum absolute atomic E-state index is 14.2. The predicted molar refractivity (Wildman–Crippen MR) is 163 cm³/mol. The molecular formula is C35H42FNO6. The summed E-state index contributed by atoms with van der Waals surface area (Å²) in [6, 6.07) is 19.9. The van der Waals surface area contributed by atoms with Crippen molar-refractivity contribution in [3.8, 4) is 5.75 Å². The molecule has 43 heavy (non-hydrogen) atoms. The first kappa shape index (κ1) is 32.2. The number of hydrogen-bond acceptors (Lipinski definition) is 5. The van der Waals surface area contributed by atoms with Gasteiger partial charge < -0.3 is 19.7 Å². The molecule has 2 N–H and O–H groups in total. The number of benzene rings is 3. The molecule has 0 spiro atoms. The van der Waals surface area contributed by atoms with Crippen LogP contribution in [0.3, 0.4) is 0 Å². The maximum Gasteiger partial charge on any atom is 0.335 e. The number of carboxylic acids is 2. The average Bonchev–Trinajstić information content (AvgIpc) is 3.01. The SMILES string of the molecule is COC1CCC(c2ccc(COc3cc(F)ccc3CCN(CCCCC(=O)O)Cc3ccc(C(=O)O)cc3)cc2)CC1. The first-order chi connectivity index (χ1) is 20.8. The van der Waals surface area contributed by atoms with Crippen LogP contribution >= 0.6 is 0 Å². The molecule has 1 aliphatic carbocycles. The standard InChI is InChI=1S/C35H42FNO6/c1-42-32-17-14-28(15-18-32)27-9-7-26(8-10-27)24-43-33-22-31(36)16-13-29(33)19-21-37(20-3-2-4-34(38)39)23-25-5-11-30(12-6-25)35(40)41/h5-13,16,22,28,32H,2-4,14-15,17-21,23-24H2,1H3,(H,38,39)(H,40,41). The summed E-state index contributed by atoms with van der Waals surface area (Å²) >= 11 is 0. The van der Waals surface area contributed by atoms with Crippen LogP contribution in [0.4, 0.5) is 4.39 Å². The average molecular weight is 592 g/mol. The van der Waals surface area contributed by atoms with E-state index in [9.17, 15) is 19.1 Å². The van der Waals surface area contributed by atoms with Crippen LogP contribution < -0.4 is 4.74 Å². The van der Waals surface area contributed by atoms with Crippen LogP contribution in [0.5, 0.6) is 5.75 Å². The summed E-state index contributed by atoms with van der Waals surface area (Å²) in [6.45, 7) is 2.26. The van der Waals surface area contributed by atoms with Crippen molar-refractivity contribution in [3.63, 3.8) is 0 Å². The zero-order valence-electron chi connectivity index (χ0n) is 24.8. The quantitative estimate of drug-likeness (QED) is 0.172. The Bertz CT molecular complexity index is 1320. The number of aromatic carboxylic acids is 1. The van der Waals surface area contributed by atoms with Gasteiger partial charge in [-0.05, 0) is 97.9 Å². The van der Waals surface area contributed by atoms with E-state index in [1.54, 1.807) is 37.4 Å². The lowest BCUT2D eigenvalue weighted by Crippen LogP contribution is -2.27. The molecule has 3 aromatic rings. The summed E-state index contributed by atoms with van der Waals surface area (Å²) in [6.07, 6.45) is 6.83. The molecule has 0 radical (unpaired) electrons. The van der Waals surface area contributed by atoms with Gasteiger partial charge in [-0.1, -0.05) is 42.5 Å². The van der Waals surface area contributed by atoms with Crippen molar-refractivity contribution in [1.82, 2.24) is 4.90 Å². The van der Waals surface area contributed by atoms with E-state index in [1.165, 1.54) is 17.7 Å². The van der Waals surface area contributed by atoms with Crippen LogP contribution in [0.1, 0.15) is 83.5 Å². The fourth-order valence-corrected chi connectivity index (χ4v) is 5.72. The van der Waals surface area contributed by atoms with Gasteiger partial charge in [-0.15, -0.1) is 0 Å². The molecule has 0 aliphatic heterocycles. The Kier molecular flexibility index (Phi) is 12.1. The van der Waals surface area contributed by atoms with Crippen LogP contribution in [-0.2, 0) is 29.1 Å². The predicted octanol–water partition coefficient (Wildman–Crippen LogP) is 7.08. The normalized spacial score (nSPS) is 16.7. The van der Waals surface area contributed by atoms with Crippen molar-refractivity contribution in [2.75, 3.05) is 20.2 Å². The largest absolute Gasteiger partial charge is 0.489 e.